The molecule has 0 aromatic heterocycles. The van der Waals surface area contributed by atoms with Crippen LogP contribution < -0.4 is 0 Å². The predicted molar refractivity (Wildman–Crippen MR) is 87.1 cm³/mol. The summed E-state index contributed by atoms with van der Waals surface area (Å²) in [6, 6.07) is -0.802. The predicted octanol–water partition coefficient (Wildman–Crippen LogP) is 1.69. The molecule has 4 unspecified atom stereocenters. The van der Waals surface area contributed by atoms with Crippen LogP contribution in [0, 0.1) is 5.92 Å². The van der Waals surface area contributed by atoms with Crippen molar-refractivity contribution in [2.24, 2.45) is 5.92 Å². The molecule has 0 spiro atoms. The minimum atomic E-state index is -0.939. The van der Waals surface area contributed by atoms with Crippen molar-refractivity contribution in [1.82, 2.24) is 4.90 Å². The lowest BCUT2D eigenvalue weighted by molar-refractivity contribution is -0.163. The van der Waals surface area contributed by atoms with Crippen LogP contribution >= 0.6 is 11.8 Å². The molecule has 2 aliphatic rings. The van der Waals surface area contributed by atoms with E-state index < -0.39 is 18.0 Å². The molecule has 0 radical (unpaired) electrons. The number of ether oxygens (including phenoxy) is 1. The number of allylic oxidation sites excluding steroid dienone is 1. The third-order valence-electron chi connectivity index (χ3n) is 4.12. The van der Waals surface area contributed by atoms with Crippen LogP contribution in [0.4, 0.5) is 0 Å². The van der Waals surface area contributed by atoms with Crippen molar-refractivity contribution >= 4 is 29.6 Å². The van der Waals surface area contributed by atoms with Crippen molar-refractivity contribution in [3.63, 3.8) is 0 Å². The summed E-state index contributed by atoms with van der Waals surface area (Å²) in [5.74, 6) is -1.76. The molecule has 0 saturated carbocycles. The molecule has 2 rings (SSSR count). The van der Waals surface area contributed by atoms with Crippen molar-refractivity contribution in [2.45, 2.75) is 55.7 Å². The average molecular weight is 341 g/mol. The Labute approximate surface area is 140 Å². The third-order valence-corrected chi connectivity index (χ3v) is 5.58. The monoisotopic (exact) mass is 341 g/mol. The molecule has 0 bridgehead atoms. The van der Waals surface area contributed by atoms with Gasteiger partial charge in [0, 0.05) is 22.1 Å². The van der Waals surface area contributed by atoms with Crippen LogP contribution in [0.3, 0.4) is 0 Å². The highest BCUT2D eigenvalue weighted by Gasteiger charge is 2.59. The largest absolute Gasteiger partial charge is 0.480 e. The Kier molecular flexibility index (Phi) is 5.08. The first kappa shape index (κ1) is 17.8. The number of carbonyl (C=O) groups excluding carboxylic acids is 2. The second kappa shape index (κ2) is 6.55. The van der Waals surface area contributed by atoms with Gasteiger partial charge >= 0.3 is 11.9 Å². The van der Waals surface area contributed by atoms with Crippen LogP contribution in [0.1, 0.15) is 33.6 Å². The van der Waals surface area contributed by atoms with Gasteiger partial charge in [-0.2, -0.15) is 0 Å². The van der Waals surface area contributed by atoms with Crippen LogP contribution in [0.15, 0.2) is 12.2 Å². The van der Waals surface area contributed by atoms with Crippen LogP contribution in [-0.2, 0) is 19.1 Å². The molecule has 2 fully saturated rings. The smallest absolute Gasteiger partial charge is 0.330 e. The van der Waals surface area contributed by atoms with E-state index in [4.69, 9.17) is 0 Å². The Morgan fingerprint density at radius 1 is 1.43 bits per heavy atom. The normalized spacial score (nSPS) is 30.3. The number of amides is 1. The van der Waals surface area contributed by atoms with Gasteiger partial charge in [-0.25, -0.2) is 9.59 Å². The maximum absolute atomic E-state index is 12.3. The van der Waals surface area contributed by atoms with Gasteiger partial charge in [0.15, 0.2) is 0 Å². The van der Waals surface area contributed by atoms with Crippen LogP contribution in [0.5, 0.6) is 0 Å². The summed E-state index contributed by atoms with van der Waals surface area (Å²) in [4.78, 5) is 36.5. The highest BCUT2D eigenvalue weighted by atomic mass is 32.2. The molecule has 23 heavy (non-hydrogen) atoms. The summed E-state index contributed by atoms with van der Waals surface area (Å²) >= 11 is 1.62. The van der Waals surface area contributed by atoms with Crippen molar-refractivity contribution in [2.75, 3.05) is 7.11 Å². The summed E-state index contributed by atoms with van der Waals surface area (Å²) in [5.41, 5.74) is 0. The molecule has 4 atom stereocenters. The van der Waals surface area contributed by atoms with Crippen molar-refractivity contribution < 1.29 is 24.2 Å². The first-order valence-corrected chi connectivity index (χ1v) is 8.51. The van der Waals surface area contributed by atoms with Gasteiger partial charge < -0.3 is 14.7 Å². The molecule has 2 heterocycles. The number of carboxylic acids is 1. The lowest BCUT2D eigenvalue weighted by atomic mass is 9.85. The van der Waals surface area contributed by atoms with E-state index >= 15 is 0 Å². The van der Waals surface area contributed by atoms with Gasteiger partial charge in [0.05, 0.1) is 13.0 Å². The number of rotatable bonds is 5. The number of hydrogen-bond acceptors (Lipinski definition) is 5. The first-order valence-electron chi connectivity index (χ1n) is 7.63. The van der Waals surface area contributed by atoms with Crippen LogP contribution in [0.2, 0.25) is 0 Å². The molecular formula is C16H23NO5S. The van der Waals surface area contributed by atoms with Gasteiger partial charge in [0.2, 0.25) is 5.91 Å². The molecule has 128 valence electrons. The Hall–Kier alpha value is -1.50. The minimum absolute atomic E-state index is 0.0502. The van der Waals surface area contributed by atoms with E-state index in [2.05, 4.69) is 4.74 Å². The van der Waals surface area contributed by atoms with Crippen molar-refractivity contribution in [1.29, 1.82) is 0 Å². The maximum Gasteiger partial charge on any atom is 0.330 e. The molecule has 2 aliphatic heterocycles. The minimum Gasteiger partial charge on any atom is -0.480 e. The van der Waals surface area contributed by atoms with E-state index in [9.17, 15) is 19.5 Å². The number of carbonyl (C=O) groups is 3. The van der Waals surface area contributed by atoms with Gasteiger partial charge in [-0.1, -0.05) is 26.8 Å². The number of hydrogen-bond donors (Lipinski definition) is 1. The molecular weight excluding hydrogens is 318 g/mol. The zero-order chi connectivity index (χ0) is 17.4. The van der Waals surface area contributed by atoms with Gasteiger partial charge in [0.25, 0.3) is 0 Å². The Morgan fingerprint density at radius 3 is 2.61 bits per heavy atom. The number of β-lactam (4-membered cyclic amide) rings is 1. The number of fused-ring (bicyclic) bond motifs is 1. The second-order valence-corrected chi connectivity index (χ2v) is 8.93. The Morgan fingerprint density at radius 2 is 2.09 bits per heavy atom. The fraction of sp³-hybridized carbons (Fsp3) is 0.688. The highest BCUT2D eigenvalue weighted by Crippen LogP contribution is 2.47. The van der Waals surface area contributed by atoms with Crippen molar-refractivity contribution in [3.05, 3.63) is 12.2 Å². The fourth-order valence-electron chi connectivity index (χ4n) is 3.28. The molecule has 0 aromatic carbocycles. The number of thioether (sulfide) groups is 1. The zero-order valence-electron chi connectivity index (χ0n) is 13.8. The average Bonchev–Trinajstić information content (AvgIpc) is 2.76. The summed E-state index contributed by atoms with van der Waals surface area (Å²) in [7, 11) is 1.30. The summed E-state index contributed by atoms with van der Waals surface area (Å²) in [5, 5.41) is 9.40. The number of aliphatic carboxylic acids is 1. The van der Waals surface area contributed by atoms with Crippen molar-refractivity contribution in [3.8, 4) is 0 Å². The van der Waals surface area contributed by atoms with Crippen LogP contribution in [-0.4, -0.2) is 57.0 Å². The summed E-state index contributed by atoms with van der Waals surface area (Å²) in [6.07, 6.45) is 4.06. The van der Waals surface area contributed by atoms with Crippen LogP contribution in [0.25, 0.3) is 0 Å². The van der Waals surface area contributed by atoms with Gasteiger partial charge in [-0.3, -0.25) is 4.79 Å². The molecule has 6 nitrogen and oxygen atoms in total. The summed E-state index contributed by atoms with van der Waals surface area (Å²) in [6.45, 7) is 6.14. The second-order valence-electron chi connectivity index (χ2n) is 6.87. The molecule has 7 heteroatoms. The van der Waals surface area contributed by atoms with E-state index in [1.54, 1.807) is 17.8 Å². The third kappa shape index (κ3) is 3.71. The highest BCUT2D eigenvalue weighted by molar-refractivity contribution is 8.01. The standard InChI is InChI=1S/C16H23NO5S/c1-16(2,3)23-11-8-10-9(6-5-7-12(18)22-4)14(19)17(10)13(11)15(20)21/h5,7,9-11,13H,6,8H2,1-4H3,(H,20,21). The number of carboxylic acid groups (broad SMARTS) is 1. The molecule has 2 saturated heterocycles. The Balaban J connectivity index is 2.07. The topological polar surface area (TPSA) is 83.9 Å². The Bertz CT molecular complexity index is 539. The SMILES string of the molecule is COC(=O)C=CCC1C(=O)N2C1CC(SC(C)(C)C)C2C(=O)O. The summed E-state index contributed by atoms with van der Waals surface area (Å²) < 4.78 is 4.45. The van der Waals surface area contributed by atoms with E-state index in [0.29, 0.717) is 12.8 Å². The maximum atomic E-state index is 12.3. The van der Waals surface area contributed by atoms with E-state index in [0.717, 1.165) is 0 Å². The van der Waals surface area contributed by atoms with Gasteiger partial charge in [0.1, 0.15) is 6.04 Å². The number of methoxy groups -OCH3 is 1. The van der Waals surface area contributed by atoms with Gasteiger partial charge in [-0.15, -0.1) is 11.8 Å². The number of esters is 1. The van der Waals surface area contributed by atoms with E-state index in [-0.39, 0.29) is 27.9 Å². The van der Waals surface area contributed by atoms with E-state index in [1.807, 2.05) is 20.8 Å². The lowest BCUT2D eigenvalue weighted by Crippen LogP contribution is -2.61. The van der Waals surface area contributed by atoms with Gasteiger partial charge in [-0.05, 0) is 12.8 Å². The molecule has 0 aromatic rings. The first-order chi connectivity index (χ1) is 10.7. The lowest BCUT2D eigenvalue weighted by Gasteiger charge is -2.44. The molecule has 1 amide bonds. The quantitative estimate of drug-likeness (QED) is 0.465. The zero-order valence-corrected chi connectivity index (χ0v) is 14.6. The fourth-order valence-corrected chi connectivity index (χ4v) is 4.86. The van der Waals surface area contributed by atoms with E-state index in [1.165, 1.54) is 18.1 Å². The molecule has 1 N–H and O–H groups in total. The number of nitrogens with zero attached hydrogens (tertiary/aromatic N) is 1. The molecule has 0 aliphatic carbocycles.